The molecule has 1 atom stereocenters. The second-order valence-corrected chi connectivity index (χ2v) is 5.01. The molecule has 2 nitrogen and oxygen atoms in total. The fraction of sp³-hybridized carbons (Fsp3) is 0.278. The van der Waals surface area contributed by atoms with Crippen LogP contribution in [0, 0.1) is 17.2 Å². The molecule has 0 saturated carbocycles. The lowest BCUT2D eigenvalue weighted by molar-refractivity contribution is 0.257. The molecule has 0 bridgehead atoms. The van der Waals surface area contributed by atoms with Gasteiger partial charge in [-0.1, -0.05) is 50.6 Å². The average Bonchev–Trinajstić information content (AvgIpc) is 2.53. The van der Waals surface area contributed by atoms with Gasteiger partial charge in [-0.2, -0.15) is 5.26 Å². The van der Waals surface area contributed by atoms with Gasteiger partial charge in [-0.25, -0.2) is 0 Å². The van der Waals surface area contributed by atoms with Crippen LogP contribution in [0.4, 0.5) is 0 Å². The molecule has 0 heterocycles. The second-order valence-electron chi connectivity index (χ2n) is 5.01. The van der Waals surface area contributed by atoms with E-state index in [1.165, 1.54) is 0 Å². The Labute approximate surface area is 120 Å². The molecule has 0 aromatic heterocycles. The highest BCUT2D eigenvalue weighted by Gasteiger charge is 2.07. The van der Waals surface area contributed by atoms with Crippen LogP contribution in [0.15, 0.2) is 48.5 Å². The third-order valence-corrected chi connectivity index (χ3v) is 3.43. The summed E-state index contributed by atoms with van der Waals surface area (Å²) in [4.78, 5) is 0. The molecule has 0 aliphatic rings. The van der Waals surface area contributed by atoms with E-state index in [1.807, 2.05) is 48.5 Å². The van der Waals surface area contributed by atoms with Crippen LogP contribution in [0.25, 0.3) is 11.1 Å². The Bertz CT molecular complexity index is 596. The van der Waals surface area contributed by atoms with Gasteiger partial charge in [-0.05, 0) is 29.7 Å². The summed E-state index contributed by atoms with van der Waals surface area (Å²) in [6.45, 7) is 5.08. The highest BCUT2D eigenvalue weighted by Crippen LogP contribution is 2.30. The maximum absolute atomic E-state index is 8.85. The SMILES string of the molecule is CCC(C)COc1ccccc1-c1ccc(C#N)cc1. The molecule has 0 saturated heterocycles. The molecule has 0 aliphatic heterocycles. The van der Waals surface area contributed by atoms with E-state index in [1.54, 1.807) is 0 Å². The van der Waals surface area contributed by atoms with E-state index in [2.05, 4.69) is 19.9 Å². The zero-order chi connectivity index (χ0) is 14.4. The van der Waals surface area contributed by atoms with Gasteiger partial charge >= 0.3 is 0 Å². The predicted octanol–water partition coefficient (Wildman–Crippen LogP) is 4.65. The summed E-state index contributed by atoms with van der Waals surface area (Å²) in [7, 11) is 0. The first-order valence-corrected chi connectivity index (χ1v) is 6.97. The molecule has 0 fully saturated rings. The zero-order valence-electron chi connectivity index (χ0n) is 12.0. The Balaban J connectivity index is 2.24. The Hall–Kier alpha value is -2.27. The van der Waals surface area contributed by atoms with Crippen molar-refractivity contribution in [1.82, 2.24) is 0 Å². The topological polar surface area (TPSA) is 33.0 Å². The normalized spacial score (nSPS) is 11.7. The minimum atomic E-state index is 0.545. The van der Waals surface area contributed by atoms with Crippen molar-refractivity contribution in [3.05, 3.63) is 54.1 Å². The molecule has 102 valence electrons. The molecule has 0 radical (unpaired) electrons. The van der Waals surface area contributed by atoms with E-state index < -0.39 is 0 Å². The maximum Gasteiger partial charge on any atom is 0.127 e. The van der Waals surface area contributed by atoms with Crippen molar-refractivity contribution in [3.8, 4) is 22.9 Å². The third kappa shape index (κ3) is 3.39. The first-order valence-electron chi connectivity index (χ1n) is 6.97. The predicted molar refractivity (Wildman–Crippen MR) is 81.5 cm³/mol. The Kier molecular flexibility index (Phi) is 4.79. The lowest BCUT2D eigenvalue weighted by Crippen LogP contribution is -2.07. The number of rotatable bonds is 5. The Morgan fingerprint density at radius 3 is 2.45 bits per heavy atom. The van der Waals surface area contributed by atoms with E-state index in [4.69, 9.17) is 10.00 Å². The smallest absolute Gasteiger partial charge is 0.127 e. The monoisotopic (exact) mass is 265 g/mol. The number of para-hydroxylation sites is 1. The van der Waals surface area contributed by atoms with Crippen LogP contribution < -0.4 is 4.74 Å². The summed E-state index contributed by atoms with van der Waals surface area (Å²) in [6.07, 6.45) is 1.11. The van der Waals surface area contributed by atoms with Crippen molar-refractivity contribution in [2.24, 2.45) is 5.92 Å². The number of nitrogens with zero attached hydrogens (tertiary/aromatic N) is 1. The third-order valence-electron chi connectivity index (χ3n) is 3.43. The van der Waals surface area contributed by atoms with E-state index in [-0.39, 0.29) is 0 Å². The van der Waals surface area contributed by atoms with E-state index in [0.717, 1.165) is 29.9 Å². The summed E-state index contributed by atoms with van der Waals surface area (Å²) in [6, 6.07) is 17.8. The Morgan fingerprint density at radius 2 is 1.80 bits per heavy atom. The van der Waals surface area contributed by atoms with Gasteiger partial charge in [0.05, 0.1) is 18.2 Å². The fourth-order valence-electron chi connectivity index (χ4n) is 1.91. The van der Waals surface area contributed by atoms with Crippen molar-refractivity contribution in [2.75, 3.05) is 6.61 Å². The molecule has 20 heavy (non-hydrogen) atoms. The molecule has 0 amide bonds. The van der Waals surface area contributed by atoms with Gasteiger partial charge in [-0.3, -0.25) is 0 Å². The van der Waals surface area contributed by atoms with Crippen LogP contribution in [-0.4, -0.2) is 6.61 Å². The van der Waals surface area contributed by atoms with Crippen LogP contribution in [0.3, 0.4) is 0 Å². The lowest BCUT2D eigenvalue weighted by atomic mass is 10.0. The fourth-order valence-corrected chi connectivity index (χ4v) is 1.91. The van der Waals surface area contributed by atoms with Crippen LogP contribution in [-0.2, 0) is 0 Å². The van der Waals surface area contributed by atoms with Gasteiger partial charge in [-0.15, -0.1) is 0 Å². The van der Waals surface area contributed by atoms with Crippen LogP contribution in [0.1, 0.15) is 25.8 Å². The maximum atomic E-state index is 8.85. The molecule has 0 spiro atoms. The van der Waals surface area contributed by atoms with Crippen molar-refractivity contribution < 1.29 is 4.74 Å². The minimum Gasteiger partial charge on any atom is -0.493 e. The van der Waals surface area contributed by atoms with E-state index >= 15 is 0 Å². The van der Waals surface area contributed by atoms with Crippen molar-refractivity contribution in [1.29, 1.82) is 5.26 Å². The summed E-state index contributed by atoms with van der Waals surface area (Å²) in [5.41, 5.74) is 2.82. The molecule has 2 aromatic carbocycles. The number of hydrogen-bond donors (Lipinski definition) is 0. The lowest BCUT2D eigenvalue weighted by Gasteiger charge is -2.14. The molecule has 2 rings (SSSR count). The molecule has 0 N–H and O–H groups in total. The largest absolute Gasteiger partial charge is 0.493 e. The summed E-state index contributed by atoms with van der Waals surface area (Å²) in [5, 5.41) is 8.85. The highest BCUT2D eigenvalue weighted by molar-refractivity contribution is 5.70. The first-order chi connectivity index (χ1) is 9.74. The number of hydrogen-bond acceptors (Lipinski definition) is 2. The van der Waals surface area contributed by atoms with Crippen LogP contribution in [0.2, 0.25) is 0 Å². The molecular formula is C18H19NO. The minimum absolute atomic E-state index is 0.545. The summed E-state index contributed by atoms with van der Waals surface area (Å²) >= 11 is 0. The summed E-state index contributed by atoms with van der Waals surface area (Å²) < 4.78 is 5.94. The molecule has 1 unspecified atom stereocenters. The standard InChI is InChI=1S/C18H19NO/c1-3-14(2)13-20-18-7-5-4-6-17(18)16-10-8-15(12-19)9-11-16/h4-11,14H,3,13H2,1-2H3. The molecule has 2 aromatic rings. The number of ether oxygens (including phenoxy) is 1. The van der Waals surface area contributed by atoms with Crippen LogP contribution in [0.5, 0.6) is 5.75 Å². The summed E-state index contributed by atoms with van der Waals surface area (Å²) in [5.74, 6) is 1.45. The molecule has 0 aliphatic carbocycles. The van der Waals surface area contributed by atoms with E-state index in [0.29, 0.717) is 11.5 Å². The zero-order valence-corrected chi connectivity index (χ0v) is 12.0. The number of benzene rings is 2. The van der Waals surface area contributed by atoms with Gasteiger partial charge in [0.1, 0.15) is 5.75 Å². The second kappa shape index (κ2) is 6.77. The van der Waals surface area contributed by atoms with Crippen molar-refractivity contribution in [3.63, 3.8) is 0 Å². The average molecular weight is 265 g/mol. The van der Waals surface area contributed by atoms with Gasteiger partial charge in [0.15, 0.2) is 0 Å². The van der Waals surface area contributed by atoms with Gasteiger partial charge < -0.3 is 4.74 Å². The van der Waals surface area contributed by atoms with Gasteiger partial charge in [0.2, 0.25) is 0 Å². The highest BCUT2D eigenvalue weighted by atomic mass is 16.5. The Morgan fingerprint density at radius 1 is 1.10 bits per heavy atom. The molecular weight excluding hydrogens is 246 g/mol. The van der Waals surface area contributed by atoms with Gasteiger partial charge in [0.25, 0.3) is 0 Å². The van der Waals surface area contributed by atoms with Gasteiger partial charge in [0, 0.05) is 5.56 Å². The van der Waals surface area contributed by atoms with Crippen molar-refractivity contribution >= 4 is 0 Å². The quantitative estimate of drug-likeness (QED) is 0.788. The van der Waals surface area contributed by atoms with Crippen LogP contribution >= 0.6 is 0 Å². The first kappa shape index (κ1) is 14.1. The number of nitriles is 1. The van der Waals surface area contributed by atoms with Crippen molar-refractivity contribution in [2.45, 2.75) is 20.3 Å². The molecule has 2 heteroatoms. The van der Waals surface area contributed by atoms with E-state index in [9.17, 15) is 0 Å².